The van der Waals surface area contributed by atoms with Gasteiger partial charge in [-0.3, -0.25) is 4.79 Å². The Hall–Kier alpha value is -1.42. The van der Waals surface area contributed by atoms with Gasteiger partial charge >= 0.3 is 0 Å². The van der Waals surface area contributed by atoms with Crippen LogP contribution in [-0.4, -0.2) is 23.4 Å². The van der Waals surface area contributed by atoms with Crippen molar-refractivity contribution in [3.63, 3.8) is 0 Å². The molecule has 3 atom stereocenters. The van der Waals surface area contributed by atoms with Crippen LogP contribution < -0.4 is 5.73 Å². The lowest BCUT2D eigenvalue weighted by Crippen LogP contribution is -2.41. The first-order valence-electron chi connectivity index (χ1n) is 6.30. The van der Waals surface area contributed by atoms with Crippen LogP contribution in [0.1, 0.15) is 31.9 Å². The van der Waals surface area contributed by atoms with Gasteiger partial charge in [-0.25, -0.2) is 4.39 Å². The normalized spacial score (nSPS) is 25.2. The van der Waals surface area contributed by atoms with Crippen LogP contribution in [0.3, 0.4) is 0 Å². The van der Waals surface area contributed by atoms with Crippen LogP contribution >= 0.6 is 0 Å². The van der Waals surface area contributed by atoms with Gasteiger partial charge < -0.3 is 10.6 Å². The number of rotatable bonds is 2. The highest BCUT2D eigenvalue weighted by molar-refractivity contribution is 5.82. The van der Waals surface area contributed by atoms with Crippen molar-refractivity contribution in [2.75, 3.05) is 6.54 Å². The maximum Gasteiger partial charge on any atom is 0.239 e. The van der Waals surface area contributed by atoms with Gasteiger partial charge in [0.15, 0.2) is 0 Å². The van der Waals surface area contributed by atoms with Crippen molar-refractivity contribution >= 4 is 5.91 Å². The summed E-state index contributed by atoms with van der Waals surface area (Å²) in [6.45, 7) is 4.48. The Morgan fingerprint density at radius 1 is 1.56 bits per heavy atom. The molecule has 1 aromatic rings. The van der Waals surface area contributed by atoms with Crippen LogP contribution in [0.15, 0.2) is 24.3 Å². The van der Waals surface area contributed by atoms with Crippen molar-refractivity contribution in [1.82, 2.24) is 4.90 Å². The molecule has 18 heavy (non-hydrogen) atoms. The first-order chi connectivity index (χ1) is 8.49. The highest BCUT2D eigenvalue weighted by atomic mass is 19.1. The van der Waals surface area contributed by atoms with Crippen LogP contribution in [0.5, 0.6) is 0 Å². The van der Waals surface area contributed by atoms with E-state index in [1.165, 1.54) is 12.1 Å². The summed E-state index contributed by atoms with van der Waals surface area (Å²) in [5.74, 6) is 0.0924. The molecular formula is C14H19FN2O. The van der Waals surface area contributed by atoms with Crippen molar-refractivity contribution in [3.05, 3.63) is 35.6 Å². The van der Waals surface area contributed by atoms with E-state index in [1.54, 1.807) is 17.9 Å². The number of carbonyl (C=O) groups excluding carboxylic acids is 1. The number of hydrogen-bond acceptors (Lipinski definition) is 2. The van der Waals surface area contributed by atoms with Crippen molar-refractivity contribution in [2.45, 2.75) is 32.4 Å². The molecule has 2 N–H and O–H groups in total. The molecule has 1 aromatic carbocycles. The lowest BCUT2D eigenvalue weighted by Gasteiger charge is -2.26. The standard InChI is InChI=1S/C14H19FN2O/c1-9-6-13(11-4-3-5-12(15)7-11)17(8-9)14(18)10(2)16/h3-5,7,9-10,13H,6,8,16H2,1-2H3/t9?,10-,13?/m0/s1. The lowest BCUT2D eigenvalue weighted by molar-refractivity contribution is -0.133. The van der Waals surface area contributed by atoms with E-state index < -0.39 is 6.04 Å². The molecule has 0 aromatic heterocycles. The molecule has 1 saturated heterocycles. The number of halogens is 1. The lowest BCUT2D eigenvalue weighted by atomic mass is 10.0. The highest BCUT2D eigenvalue weighted by Crippen LogP contribution is 2.35. The molecule has 2 unspecified atom stereocenters. The molecule has 3 nitrogen and oxygen atoms in total. The highest BCUT2D eigenvalue weighted by Gasteiger charge is 2.35. The molecule has 0 radical (unpaired) electrons. The second-order valence-electron chi connectivity index (χ2n) is 5.19. The summed E-state index contributed by atoms with van der Waals surface area (Å²) in [6.07, 6.45) is 0.863. The van der Waals surface area contributed by atoms with E-state index >= 15 is 0 Å². The second kappa shape index (κ2) is 5.06. The first kappa shape index (κ1) is 13.0. The van der Waals surface area contributed by atoms with Gasteiger partial charge in [0.05, 0.1) is 12.1 Å². The fraction of sp³-hybridized carbons (Fsp3) is 0.500. The smallest absolute Gasteiger partial charge is 0.239 e. The summed E-state index contributed by atoms with van der Waals surface area (Å²) in [5.41, 5.74) is 6.52. The first-order valence-corrected chi connectivity index (χ1v) is 6.30. The van der Waals surface area contributed by atoms with Gasteiger partial charge in [-0.1, -0.05) is 19.1 Å². The van der Waals surface area contributed by atoms with Gasteiger partial charge in [0.2, 0.25) is 5.91 Å². The fourth-order valence-electron chi connectivity index (χ4n) is 2.58. The zero-order valence-electron chi connectivity index (χ0n) is 10.8. The minimum Gasteiger partial charge on any atom is -0.334 e. The molecule has 2 rings (SSSR count). The van der Waals surface area contributed by atoms with Crippen molar-refractivity contribution in [3.8, 4) is 0 Å². The SMILES string of the molecule is CC1CC(c2cccc(F)c2)N(C(=O)[C@H](C)N)C1. The van der Waals surface area contributed by atoms with Gasteiger partial charge in [-0.15, -0.1) is 0 Å². The number of nitrogens with zero attached hydrogens (tertiary/aromatic N) is 1. The molecule has 0 bridgehead atoms. The predicted molar refractivity (Wildman–Crippen MR) is 68.3 cm³/mol. The van der Waals surface area contributed by atoms with Crippen LogP contribution in [0.25, 0.3) is 0 Å². The summed E-state index contributed by atoms with van der Waals surface area (Å²) in [7, 11) is 0. The Bertz CT molecular complexity index is 447. The molecule has 0 saturated carbocycles. The fourth-order valence-corrected chi connectivity index (χ4v) is 2.58. The van der Waals surface area contributed by atoms with Crippen LogP contribution in [0, 0.1) is 11.7 Å². The molecule has 0 aliphatic carbocycles. The van der Waals surface area contributed by atoms with Gasteiger partial charge in [0, 0.05) is 6.54 Å². The molecule has 1 fully saturated rings. The predicted octanol–water partition coefficient (Wildman–Crippen LogP) is 2.08. The van der Waals surface area contributed by atoms with Gasteiger partial charge in [-0.05, 0) is 37.0 Å². The molecule has 98 valence electrons. The number of nitrogens with two attached hydrogens (primary N) is 1. The third-order valence-electron chi connectivity index (χ3n) is 3.42. The largest absolute Gasteiger partial charge is 0.334 e. The Balaban J connectivity index is 2.27. The quantitative estimate of drug-likeness (QED) is 0.873. The molecule has 4 heteroatoms. The molecular weight excluding hydrogens is 231 g/mol. The van der Waals surface area contributed by atoms with Crippen LogP contribution in [-0.2, 0) is 4.79 Å². The van der Waals surface area contributed by atoms with E-state index in [1.807, 2.05) is 6.07 Å². The van der Waals surface area contributed by atoms with Gasteiger partial charge in [-0.2, -0.15) is 0 Å². The number of carbonyl (C=O) groups is 1. The molecule has 1 aliphatic heterocycles. The minimum atomic E-state index is -0.508. The van der Waals surface area contributed by atoms with E-state index in [2.05, 4.69) is 6.92 Å². The maximum absolute atomic E-state index is 13.3. The van der Waals surface area contributed by atoms with Crippen LogP contribution in [0.2, 0.25) is 0 Å². The van der Waals surface area contributed by atoms with E-state index in [4.69, 9.17) is 5.73 Å². The summed E-state index contributed by atoms with van der Waals surface area (Å²) in [4.78, 5) is 13.8. The third kappa shape index (κ3) is 2.53. The van der Waals surface area contributed by atoms with E-state index in [0.29, 0.717) is 12.5 Å². The molecule has 1 aliphatic rings. The van der Waals surface area contributed by atoms with Gasteiger partial charge in [0.25, 0.3) is 0 Å². The zero-order valence-corrected chi connectivity index (χ0v) is 10.8. The van der Waals surface area contributed by atoms with Crippen molar-refractivity contribution < 1.29 is 9.18 Å². The number of benzene rings is 1. The van der Waals surface area contributed by atoms with E-state index in [0.717, 1.165) is 12.0 Å². The summed E-state index contributed by atoms with van der Waals surface area (Å²) < 4.78 is 13.3. The third-order valence-corrected chi connectivity index (χ3v) is 3.42. The summed E-state index contributed by atoms with van der Waals surface area (Å²) >= 11 is 0. The number of amides is 1. The summed E-state index contributed by atoms with van der Waals surface area (Å²) in [5, 5.41) is 0. The minimum absolute atomic E-state index is 0.0470. The molecule has 0 spiro atoms. The molecule has 1 heterocycles. The Kier molecular flexibility index (Phi) is 3.66. The average molecular weight is 250 g/mol. The monoisotopic (exact) mass is 250 g/mol. The van der Waals surface area contributed by atoms with Gasteiger partial charge in [0.1, 0.15) is 5.82 Å². The van der Waals surface area contributed by atoms with E-state index in [9.17, 15) is 9.18 Å². The molecule has 1 amide bonds. The van der Waals surface area contributed by atoms with Crippen molar-refractivity contribution in [2.24, 2.45) is 11.7 Å². The maximum atomic E-state index is 13.3. The van der Waals surface area contributed by atoms with Crippen molar-refractivity contribution in [1.29, 1.82) is 0 Å². The zero-order chi connectivity index (χ0) is 13.3. The average Bonchev–Trinajstić information content (AvgIpc) is 2.70. The Morgan fingerprint density at radius 2 is 2.28 bits per heavy atom. The Morgan fingerprint density at radius 3 is 2.89 bits per heavy atom. The summed E-state index contributed by atoms with van der Waals surface area (Å²) in [6, 6.07) is 5.92. The number of hydrogen-bond donors (Lipinski definition) is 1. The Labute approximate surface area is 107 Å². The number of likely N-dealkylation sites (tertiary alicyclic amines) is 1. The van der Waals surface area contributed by atoms with Crippen LogP contribution in [0.4, 0.5) is 4.39 Å². The second-order valence-corrected chi connectivity index (χ2v) is 5.19. The van der Waals surface area contributed by atoms with E-state index in [-0.39, 0.29) is 17.8 Å². The topological polar surface area (TPSA) is 46.3 Å².